The second-order valence-electron chi connectivity index (χ2n) is 11.1. The smallest absolute Gasteiger partial charge is 0.265 e. The van der Waals surface area contributed by atoms with Crippen LogP contribution in [0.1, 0.15) is 51.0 Å². The van der Waals surface area contributed by atoms with Crippen LogP contribution >= 0.6 is 11.6 Å². The Bertz CT molecular complexity index is 1600. The van der Waals surface area contributed by atoms with Gasteiger partial charge in [0, 0.05) is 23.7 Å². The summed E-state index contributed by atoms with van der Waals surface area (Å²) in [6.45, 7) is 1.31. The van der Waals surface area contributed by atoms with Gasteiger partial charge in [-0.15, -0.1) is 0 Å². The molecule has 0 unspecified atom stereocenters. The van der Waals surface area contributed by atoms with Gasteiger partial charge in [-0.05, 0) is 55.2 Å². The molecule has 1 saturated carbocycles. The van der Waals surface area contributed by atoms with Crippen molar-refractivity contribution in [2.75, 3.05) is 32.2 Å². The van der Waals surface area contributed by atoms with Gasteiger partial charge >= 0.3 is 0 Å². The van der Waals surface area contributed by atoms with Crippen molar-refractivity contribution in [3.63, 3.8) is 0 Å². The number of benzene rings is 3. The Labute approximate surface area is 276 Å². The highest BCUT2D eigenvalue weighted by atomic mass is 35.5. The molecule has 0 saturated heterocycles. The summed E-state index contributed by atoms with van der Waals surface area (Å²) in [6.07, 6.45) is 5.33. The maximum atomic E-state index is 14.4. The number of nitrogens with one attached hydrogen (secondary N) is 1. The molecule has 1 aliphatic rings. The number of halogens is 1. The first kappa shape index (κ1) is 34.9. The van der Waals surface area contributed by atoms with Crippen LogP contribution < -0.4 is 23.8 Å². The summed E-state index contributed by atoms with van der Waals surface area (Å²) < 4.78 is 46.0. The lowest BCUT2D eigenvalue weighted by atomic mass is 9.95. The fourth-order valence-corrected chi connectivity index (χ4v) is 7.32. The Morgan fingerprint density at radius 1 is 0.891 bits per heavy atom. The molecule has 1 atom stereocenters. The number of hydrogen-bond donors (Lipinski definition) is 1. The molecule has 1 fully saturated rings. The maximum absolute atomic E-state index is 14.4. The molecule has 0 aromatic heterocycles. The summed E-state index contributed by atoms with van der Waals surface area (Å²) in [6, 6.07) is 17.2. The molecule has 0 spiro atoms. The van der Waals surface area contributed by atoms with Crippen molar-refractivity contribution in [3.8, 4) is 17.2 Å². The van der Waals surface area contributed by atoms with E-state index in [0.717, 1.165) is 42.0 Å². The number of nitrogens with zero attached hydrogens (tertiary/aromatic N) is 2. The highest BCUT2D eigenvalue weighted by molar-refractivity contribution is 7.92. The topological polar surface area (TPSA) is 114 Å². The normalized spacial score (nSPS) is 14.2. The third kappa shape index (κ3) is 8.24. The highest BCUT2D eigenvalue weighted by Gasteiger charge is 2.36. The van der Waals surface area contributed by atoms with Crippen molar-refractivity contribution in [3.05, 3.63) is 77.3 Å². The Hall–Kier alpha value is -3.96. The summed E-state index contributed by atoms with van der Waals surface area (Å²) >= 11 is 6.35. The molecule has 46 heavy (non-hydrogen) atoms. The number of ether oxygens (including phenoxy) is 3. The predicted molar refractivity (Wildman–Crippen MR) is 178 cm³/mol. The Morgan fingerprint density at radius 3 is 2.17 bits per heavy atom. The molecule has 0 heterocycles. The number of carbonyl (C=O) groups excluding carboxylic acids is 2. The predicted octanol–water partition coefficient (Wildman–Crippen LogP) is 5.82. The quantitative estimate of drug-likeness (QED) is 0.230. The largest absolute Gasteiger partial charge is 0.495 e. The summed E-state index contributed by atoms with van der Waals surface area (Å²) in [5.74, 6) is -0.0934. The summed E-state index contributed by atoms with van der Waals surface area (Å²) in [5, 5.41) is 3.40. The Kier molecular flexibility index (Phi) is 12.2. The van der Waals surface area contributed by atoms with Crippen molar-refractivity contribution in [1.29, 1.82) is 0 Å². The van der Waals surface area contributed by atoms with E-state index in [-0.39, 0.29) is 45.6 Å². The minimum absolute atomic E-state index is 0.0432. The number of carbonyl (C=O) groups is 2. The molecule has 0 radical (unpaired) electrons. The van der Waals surface area contributed by atoms with E-state index in [1.807, 2.05) is 37.3 Å². The summed E-state index contributed by atoms with van der Waals surface area (Å²) in [5.41, 5.74) is 0.868. The Morgan fingerprint density at radius 2 is 1.54 bits per heavy atom. The maximum Gasteiger partial charge on any atom is 0.265 e. The molecule has 1 aliphatic carbocycles. The van der Waals surface area contributed by atoms with Crippen LogP contribution in [0.3, 0.4) is 0 Å². The van der Waals surface area contributed by atoms with Crippen molar-refractivity contribution >= 4 is 39.1 Å². The van der Waals surface area contributed by atoms with E-state index in [1.54, 1.807) is 6.07 Å². The molecular weight excluding hydrogens is 630 g/mol. The van der Waals surface area contributed by atoms with Gasteiger partial charge in [-0.25, -0.2) is 8.42 Å². The minimum atomic E-state index is -4.43. The molecule has 3 aromatic rings. The summed E-state index contributed by atoms with van der Waals surface area (Å²) in [4.78, 5) is 29.5. The molecule has 12 heteroatoms. The van der Waals surface area contributed by atoms with Crippen LogP contribution in [0, 0.1) is 0 Å². The lowest BCUT2D eigenvalue weighted by molar-refractivity contribution is -0.140. The lowest BCUT2D eigenvalue weighted by Gasteiger charge is -2.34. The monoisotopic (exact) mass is 671 g/mol. The SMILES string of the molecule is CC[C@@H](C(=O)NC1CCCCC1)N(Cc1ccccc1)C(=O)CN(c1cc(Cl)ccc1OC)S(=O)(=O)c1ccc(OC)c(OC)c1. The van der Waals surface area contributed by atoms with E-state index in [2.05, 4.69) is 5.32 Å². The molecule has 3 aromatic carbocycles. The molecular formula is C34H42ClN3O7S. The first-order chi connectivity index (χ1) is 22.1. The van der Waals surface area contributed by atoms with E-state index in [1.165, 1.54) is 56.6 Å². The average molecular weight is 672 g/mol. The van der Waals surface area contributed by atoms with Crippen LogP contribution in [-0.4, -0.2) is 65.1 Å². The molecule has 4 rings (SSSR count). The third-order valence-electron chi connectivity index (χ3n) is 8.16. The number of hydrogen-bond acceptors (Lipinski definition) is 7. The van der Waals surface area contributed by atoms with Gasteiger partial charge in [0.2, 0.25) is 11.8 Å². The van der Waals surface area contributed by atoms with Gasteiger partial charge < -0.3 is 24.4 Å². The van der Waals surface area contributed by atoms with E-state index in [4.69, 9.17) is 25.8 Å². The highest BCUT2D eigenvalue weighted by Crippen LogP contribution is 2.37. The van der Waals surface area contributed by atoms with Gasteiger partial charge in [-0.1, -0.05) is 68.1 Å². The Balaban J connectivity index is 1.78. The lowest BCUT2D eigenvalue weighted by Crippen LogP contribution is -2.54. The molecule has 2 amide bonds. The van der Waals surface area contributed by atoms with Gasteiger partial charge in [0.15, 0.2) is 11.5 Å². The van der Waals surface area contributed by atoms with E-state index < -0.39 is 28.5 Å². The van der Waals surface area contributed by atoms with Crippen LogP contribution in [0.5, 0.6) is 17.2 Å². The summed E-state index contributed by atoms with van der Waals surface area (Å²) in [7, 11) is -0.173. The van der Waals surface area contributed by atoms with Crippen molar-refractivity contribution in [2.45, 2.75) is 69.0 Å². The van der Waals surface area contributed by atoms with Gasteiger partial charge in [0.25, 0.3) is 10.0 Å². The average Bonchev–Trinajstić information content (AvgIpc) is 3.07. The number of amides is 2. The fraction of sp³-hybridized carbons (Fsp3) is 0.412. The van der Waals surface area contributed by atoms with Crippen LogP contribution in [0.4, 0.5) is 5.69 Å². The standard InChI is InChI=1S/C34H42ClN3O7S/c1-5-28(34(40)36-26-14-10-7-11-15-26)37(22-24-12-8-6-9-13-24)33(39)23-38(29-20-25(35)16-18-30(29)43-2)46(41,42)27-17-19-31(44-3)32(21-27)45-4/h6,8-9,12-13,16-21,26,28H,5,7,10-11,14-15,22-23H2,1-4H3,(H,36,40)/t28-/m0/s1. The third-order valence-corrected chi connectivity index (χ3v) is 10.2. The molecule has 0 bridgehead atoms. The van der Waals surface area contributed by atoms with Gasteiger partial charge in [0.05, 0.1) is 31.9 Å². The number of sulfonamides is 1. The van der Waals surface area contributed by atoms with Crippen LogP contribution in [0.2, 0.25) is 5.02 Å². The van der Waals surface area contributed by atoms with E-state index in [0.29, 0.717) is 12.2 Å². The van der Waals surface area contributed by atoms with Gasteiger partial charge in [-0.3, -0.25) is 13.9 Å². The minimum Gasteiger partial charge on any atom is -0.495 e. The zero-order valence-corrected chi connectivity index (χ0v) is 28.3. The first-order valence-electron chi connectivity index (χ1n) is 15.3. The van der Waals surface area contributed by atoms with Crippen molar-refractivity contribution in [1.82, 2.24) is 10.2 Å². The molecule has 0 aliphatic heterocycles. The first-order valence-corrected chi connectivity index (χ1v) is 17.2. The fourth-order valence-electron chi connectivity index (χ4n) is 5.72. The van der Waals surface area contributed by atoms with Crippen molar-refractivity contribution in [2.24, 2.45) is 0 Å². The number of rotatable bonds is 14. The van der Waals surface area contributed by atoms with E-state index >= 15 is 0 Å². The number of anilines is 1. The van der Waals surface area contributed by atoms with Crippen LogP contribution in [-0.2, 0) is 26.2 Å². The second kappa shape index (κ2) is 16.0. The molecule has 248 valence electrons. The number of methoxy groups -OCH3 is 3. The molecule has 1 N–H and O–H groups in total. The van der Waals surface area contributed by atoms with Crippen molar-refractivity contribution < 1.29 is 32.2 Å². The van der Waals surface area contributed by atoms with E-state index in [9.17, 15) is 18.0 Å². The zero-order valence-electron chi connectivity index (χ0n) is 26.7. The van der Waals surface area contributed by atoms with Gasteiger partial charge in [0.1, 0.15) is 18.3 Å². The molecule has 10 nitrogen and oxygen atoms in total. The van der Waals surface area contributed by atoms with Crippen LogP contribution in [0.15, 0.2) is 71.6 Å². The second-order valence-corrected chi connectivity index (χ2v) is 13.4. The zero-order chi connectivity index (χ0) is 33.3. The van der Waals surface area contributed by atoms with Gasteiger partial charge in [-0.2, -0.15) is 0 Å². The van der Waals surface area contributed by atoms with Crippen LogP contribution in [0.25, 0.3) is 0 Å².